The predicted octanol–water partition coefficient (Wildman–Crippen LogP) is 1.70. The molecule has 7 nitrogen and oxygen atoms in total. The molecule has 7 heteroatoms. The summed E-state index contributed by atoms with van der Waals surface area (Å²) in [4.78, 5) is 52.5. The van der Waals surface area contributed by atoms with Crippen molar-refractivity contribution in [2.24, 2.45) is 11.3 Å². The summed E-state index contributed by atoms with van der Waals surface area (Å²) in [6.45, 7) is 1.23. The van der Waals surface area contributed by atoms with Crippen molar-refractivity contribution in [3.05, 3.63) is 35.9 Å². The molecule has 2 aliphatic carbocycles. The van der Waals surface area contributed by atoms with E-state index in [0.29, 0.717) is 32.4 Å². The molecule has 0 bridgehead atoms. The molecule has 32 heavy (non-hydrogen) atoms. The highest BCUT2D eigenvalue weighted by Crippen LogP contribution is 2.55. The van der Waals surface area contributed by atoms with E-state index in [0.717, 1.165) is 44.0 Å². The van der Waals surface area contributed by atoms with E-state index in [2.05, 4.69) is 10.6 Å². The maximum absolute atomic E-state index is 13.8. The highest BCUT2D eigenvalue weighted by atomic mass is 16.2. The van der Waals surface area contributed by atoms with Crippen LogP contribution in [0.3, 0.4) is 0 Å². The van der Waals surface area contributed by atoms with Crippen LogP contribution < -0.4 is 10.6 Å². The molecule has 1 spiro atoms. The maximum atomic E-state index is 13.8. The van der Waals surface area contributed by atoms with Gasteiger partial charge in [-0.2, -0.15) is 0 Å². The lowest BCUT2D eigenvalue weighted by atomic mass is 9.67. The summed E-state index contributed by atoms with van der Waals surface area (Å²) in [5.74, 6) is -0.528. The summed E-state index contributed by atoms with van der Waals surface area (Å²) in [6, 6.07) is 8.60. The van der Waals surface area contributed by atoms with Crippen molar-refractivity contribution in [1.29, 1.82) is 0 Å². The summed E-state index contributed by atoms with van der Waals surface area (Å²) in [7, 11) is 0. The van der Waals surface area contributed by atoms with E-state index < -0.39 is 17.5 Å². The van der Waals surface area contributed by atoms with Crippen LogP contribution >= 0.6 is 0 Å². The normalized spacial score (nSPS) is 28.0. The molecule has 2 saturated heterocycles. The van der Waals surface area contributed by atoms with Crippen molar-refractivity contribution >= 4 is 24.0 Å². The van der Waals surface area contributed by atoms with Gasteiger partial charge < -0.3 is 20.3 Å². The largest absolute Gasteiger partial charge is 0.356 e. The number of aldehydes is 1. The molecule has 170 valence electrons. The monoisotopic (exact) mass is 437 g/mol. The Bertz CT molecular complexity index is 922. The molecule has 4 aliphatic rings. The standard InChI is InChI=1S/C25H31N3O4/c29-15-19(13-17-7-12-26-21(17)30)27-22(31)20-14-24(8-4-9-24)16-28(20)23(32)25(10-11-25)18-5-2-1-3-6-18/h1-3,5-6,15,17,19-20H,4,7-14,16H2,(H,26,30)(H,27,31)/t17-,19-,20-/m0/s1. The molecule has 4 fully saturated rings. The van der Waals surface area contributed by atoms with E-state index in [-0.39, 0.29) is 29.1 Å². The number of hydrogen-bond acceptors (Lipinski definition) is 4. The van der Waals surface area contributed by atoms with Gasteiger partial charge in [0.15, 0.2) is 0 Å². The van der Waals surface area contributed by atoms with E-state index in [1.807, 2.05) is 30.3 Å². The molecule has 0 unspecified atom stereocenters. The van der Waals surface area contributed by atoms with Crippen LogP contribution in [0.25, 0.3) is 0 Å². The minimum absolute atomic E-state index is 0.0342. The van der Waals surface area contributed by atoms with Crippen LogP contribution in [0, 0.1) is 11.3 Å². The zero-order valence-electron chi connectivity index (χ0n) is 18.3. The zero-order valence-corrected chi connectivity index (χ0v) is 18.3. The van der Waals surface area contributed by atoms with Crippen LogP contribution in [-0.4, -0.2) is 54.1 Å². The van der Waals surface area contributed by atoms with Crippen LogP contribution in [-0.2, 0) is 24.6 Å². The first-order valence-electron chi connectivity index (χ1n) is 11.9. The number of carbonyl (C=O) groups is 4. The summed E-state index contributed by atoms with van der Waals surface area (Å²) < 4.78 is 0. The molecule has 0 aromatic heterocycles. The van der Waals surface area contributed by atoms with Gasteiger partial charge in [0.1, 0.15) is 12.3 Å². The van der Waals surface area contributed by atoms with Gasteiger partial charge in [0, 0.05) is 19.0 Å². The Morgan fingerprint density at radius 2 is 1.94 bits per heavy atom. The topological polar surface area (TPSA) is 95.6 Å². The number of nitrogens with one attached hydrogen (secondary N) is 2. The first-order chi connectivity index (χ1) is 15.5. The van der Waals surface area contributed by atoms with Crippen LogP contribution in [0.5, 0.6) is 0 Å². The number of hydrogen-bond donors (Lipinski definition) is 2. The lowest BCUT2D eigenvalue weighted by Gasteiger charge is -2.38. The second kappa shape index (κ2) is 8.01. The lowest BCUT2D eigenvalue weighted by molar-refractivity contribution is -0.141. The molecule has 2 heterocycles. The SMILES string of the molecule is O=C[C@H](C[C@@H]1CCNC1=O)NC(=O)[C@@H]1CC2(CCC2)CN1C(=O)C1(c2ccccc2)CC1. The molecule has 2 N–H and O–H groups in total. The van der Waals surface area contributed by atoms with Gasteiger partial charge in [-0.1, -0.05) is 36.8 Å². The third-order valence-corrected chi connectivity index (χ3v) is 8.17. The Balaban J connectivity index is 1.33. The second-order valence-electron chi connectivity index (χ2n) is 10.2. The zero-order chi connectivity index (χ0) is 22.3. The Morgan fingerprint density at radius 1 is 1.19 bits per heavy atom. The quantitative estimate of drug-likeness (QED) is 0.635. The van der Waals surface area contributed by atoms with Gasteiger partial charge in [-0.3, -0.25) is 14.4 Å². The third-order valence-electron chi connectivity index (χ3n) is 8.17. The first-order valence-corrected chi connectivity index (χ1v) is 11.9. The molecule has 3 amide bonds. The van der Waals surface area contributed by atoms with Crippen molar-refractivity contribution in [1.82, 2.24) is 15.5 Å². The van der Waals surface area contributed by atoms with Crippen LogP contribution in [0.1, 0.15) is 56.9 Å². The number of carbonyl (C=O) groups excluding carboxylic acids is 4. The Labute approximate surface area is 188 Å². The van der Waals surface area contributed by atoms with Gasteiger partial charge in [-0.25, -0.2) is 0 Å². The summed E-state index contributed by atoms with van der Waals surface area (Å²) >= 11 is 0. The molecule has 2 aliphatic heterocycles. The van der Waals surface area contributed by atoms with Gasteiger partial charge in [-0.15, -0.1) is 0 Å². The highest BCUT2D eigenvalue weighted by molar-refractivity contribution is 5.96. The van der Waals surface area contributed by atoms with Crippen molar-refractivity contribution in [2.45, 2.75) is 68.9 Å². The van der Waals surface area contributed by atoms with E-state index in [4.69, 9.17) is 0 Å². The van der Waals surface area contributed by atoms with Crippen molar-refractivity contribution in [2.75, 3.05) is 13.1 Å². The van der Waals surface area contributed by atoms with Crippen molar-refractivity contribution in [3.8, 4) is 0 Å². The van der Waals surface area contributed by atoms with E-state index >= 15 is 0 Å². The van der Waals surface area contributed by atoms with Crippen molar-refractivity contribution < 1.29 is 19.2 Å². The van der Waals surface area contributed by atoms with E-state index in [1.54, 1.807) is 4.90 Å². The number of amides is 3. The molecular weight excluding hydrogens is 406 g/mol. The Morgan fingerprint density at radius 3 is 2.50 bits per heavy atom. The second-order valence-corrected chi connectivity index (χ2v) is 10.2. The third kappa shape index (κ3) is 3.61. The number of benzene rings is 1. The number of nitrogens with zero attached hydrogens (tertiary/aromatic N) is 1. The van der Waals surface area contributed by atoms with Crippen molar-refractivity contribution in [3.63, 3.8) is 0 Å². The fraction of sp³-hybridized carbons (Fsp3) is 0.600. The lowest BCUT2D eigenvalue weighted by Crippen LogP contribution is -2.52. The Hall–Kier alpha value is -2.70. The summed E-state index contributed by atoms with van der Waals surface area (Å²) in [6.07, 6.45) is 7.19. The molecular formula is C25H31N3O4. The van der Waals surface area contributed by atoms with Crippen LogP contribution in [0.15, 0.2) is 30.3 Å². The molecule has 1 aromatic carbocycles. The molecule has 0 radical (unpaired) electrons. The predicted molar refractivity (Wildman–Crippen MR) is 117 cm³/mol. The minimum Gasteiger partial charge on any atom is -0.356 e. The molecule has 2 saturated carbocycles. The van der Waals surface area contributed by atoms with Gasteiger partial charge in [0.25, 0.3) is 0 Å². The van der Waals surface area contributed by atoms with Gasteiger partial charge in [0.05, 0.1) is 11.5 Å². The smallest absolute Gasteiger partial charge is 0.243 e. The number of rotatable bonds is 7. The maximum Gasteiger partial charge on any atom is 0.243 e. The van der Waals surface area contributed by atoms with Gasteiger partial charge >= 0.3 is 0 Å². The molecule has 5 rings (SSSR count). The Kier molecular flexibility index (Phi) is 5.30. The fourth-order valence-electron chi connectivity index (χ4n) is 5.93. The van der Waals surface area contributed by atoms with E-state index in [1.165, 1.54) is 0 Å². The van der Waals surface area contributed by atoms with Gasteiger partial charge in [0.2, 0.25) is 17.7 Å². The minimum atomic E-state index is -0.713. The summed E-state index contributed by atoms with van der Waals surface area (Å²) in [5, 5.41) is 5.63. The van der Waals surface area contributed by atoms with E-state index in [9.17, 15) is 19.2 Å². The van der Waals surface area contributed by atoms with Crippen LogP contribution in [0.2, 0.25) is 0 Å². The summed E-state index contributed by atoms with van der Waals surface area (Å²) in [5.41, 5.74) is 0.546. The molecule has 3 atom stereocenters. The molecule has 1 aromatic rings. The average molecular weight is 438 g/mol. The van der Waals surface area contributed by atoms with Gasteiger partial charge in [-0.05, 0) is 55.9 Å². The average Bonchev–Trinajstić information content (AvgIpc) is 3.34. The van der Waals surface area contributed by atoms with Crippen LogP contribution in [0.4, 0.5) is 0 Å². The number of likely N-dealkylation sites (tertiary alicyclic amines) is 1. The highest BCUT2D eigenvalue weighted by Gasteiger charge is 2.59. The fourth-order valence-corrected chi connectivity index (χ4v) is 5.93. The first kappa shape index (κ1) is 21.2.